The average molecular weight is 333 g/mol. The van der Waals surface area contributed by atoms with E-state index < -0.39 is 17.9 Å². The maximum Gasteiger partial charge on any atom is 0.330 e. The zero-order valence-electron chi connectivity index (χ0n) is 13.3. The number of aliphatic carboxylic acids is 1. The number of rotatable bonds is 7. The Morgan fingerprint density at radius 2 is 1.92 bits per heavy atom. The highest BCUT2D eigenvalue weighted by Crippen LogP contribution is 2.14. The zero-order valence-corrected chi connectivity index (χ0v) is 13.3. The van der Waals surface area contributed by atoms with Crippen LogP contribution in [0, 0.1) is 0 Å². The largest absolute Gasteiger partial charge is 0.479 e. The van der Waals surface area contributed by atoms with Crippen LogP contribution in [0.4, 0.5) is 4.79 Å². The number of carboxylic acids is 1. The molecule has 8 nitrogen and oxygen atoms in total. The fraction of sp³-hybridized carbons (Fsp3) is 0.375. The van der Waals surface area contributed by atoms with Gasteiger partial charge in [-0.05, 0) is 12.0 Å². The van der Waals surface area contributed by atoms with Gasteiger partial charge in [-0.3, -0.25) is 14.5 Å². The molecule has 1 heterocycles. The van der Waals surface area contributed by atoms with Crippen LogP contribution in [0.5, 0.6) is 0 Å². The third-order valence-electron chi connectivity index (χ3n) is 3.70. The van der Waals surface area contributed by atoms with Crippen LogP contribution in [0.3, 0.4) is 0 Å². The number of hydrogen-bond donors (Lipinski definition) is 2. The summed E-state index contributed by atoms with van der Waals surface area (Å²) in [5.74, 6) is -1.89. The summed E-state index contributed by atoms with van der Waals surface area (Å²) in [6.45, 7) is 0.179. The molecular formula is C16H19N3O5. The van der Waals surface area contributed by atoms with Gasteiger partial charge in [0.25, 0.3) is 0 Å². The Hall–Kier alpha value is -2.90. The summed E-state index contributed by atoms with van der Waals surface area (Å²) in [7, 11) is 1.53. The van der Waals surface area contributed by atoms with Crippen LogP contribution in [0.2, 0.25) is 0 Å². The van der Waals surface area contributed by atoms with Gasteiger partial charge in [-0.15, -0.1) is 0 Å². The predicted molar refractivity (Wildman–Crippen MR) is 83.9 cm³/mol. The number of nitrogens with one attached hydrogen (secondary N) is 1. The Balaban J connectivity index is 1.85. The zero-order chi connectivity index (χ0) is 17.7. The minimum atomic E-state index is -1.15. The number of imide groups is 1. The van der Waals surface area contributed by atoms with Crippen molar-refractivity contribution in [3.8, 4) is 0 Å². The molecule has 0 saturated carbocycles. The minimum absolute atomic E-state index is 0.0252. The van der Waals surface area contributed by atoms with Crippen LogP contribution in [0.15, 0.2) is 30.3 Å². The van der Waals surface area contributed by atoms with E-state index in [1.165, 1.54) is 11.9 Å². The summed E-state index contributed by atoms with van der Waals surface area (Å²) in [6, 6.07) is 6.88. The molecule has 0 aliphatic carbocycles. The van der Waals surface area contributed by atoms with Crippen molar-refractivity contribution in [2.45, 2.75) is 18.9 Å². The first-order valence-electron chi connectivity index (χ1n) is 7.52. The first kappa shape index (κ1) is 17.5. The van der Waals surface area contributed by atoms with Crippen molar-refractivity contribution in [1.82, 2.24) is 15.1 Å². The summed E-state index contributed by atoms with van der Waals surface area (Å²) >= 11 is 0. The molecule has 8 heteroatoms. The molecule has 128 valence electrons. The molecule has 1 aromatic rings. The van der Waals surface area contributed by atoms with Crippen molar-refractivity contribution < 1.29 is 24.3 Å². The smallest absolute Gasteiger partial charge is 0.330 e. The number of amides is 4. The van der Waals surface area contributed by atoms with E-state index in [2.05, 4.69) is 5.32 Å². The summed E-state index contributed by atoms with van der Waals surface area (Å²) in [4.78, 5) is 49.0. The first-order valence-corrected chi connectivity index (χ1v) is 7.52. The van der Waals surface area contributed by atoms with Gasteiger partial charge >= 0.3 is 12.0 Å². The topological polar surface area (TPSA) is 107 Å². The lowest BCUT2D eigenvalue weighted by atomic mass is 10.1. The normalized spacial score (nSPS) is 15.5. The van der Waals surface area contributed by atoms with Crippen LogP contribution in [-0.4, -0.2) is 58.9 Å². The summed E-state index contributed by atoms with van der Waals surface area (Å²) in [5, 5.41) is 11.7. The van der Waals surface area contributed by atoms with Crippen LogP contribution in [-0.2, 0) is 14.4 Å². The Morgan fingerprint density at radius 1 is 1.25 bits per heavy atom. The van der Waals surface area contributed by atoms with Crippen LogP contribution in [0.25, 0.3) is 0 Å². The maximum absolute atomic E-state index is 12.0. The van der Waals surface area contributed by atoms with Gasteiger partial charge in [0.2, 0.25) is 11.8 Å². The predicted octanol–water partition coefficient (Wildman–Crippen LogP) is 0.603. The Labute approximate surface area is 139 Å². The number of carboxylic acid groups (broad SMARTS) is 1. The van der Waals surface area contributed by atoms with Crippen molar-refractivity contribution in [1.29, 1.82) is 0 Å². The van der Waals surface area contributed by atoms with Crippen LogP contribution >= 0.6 is 0 Å². The molecule has 0 radical (unpaired) electrons. The van der Waals surface area contributed by atoms with Crippen LogP contribution in [0.1, 0.15) is 24.4 Å². The van der Waals surface area contributed by atoms with Crippen molar-refractivity contribution in [2.24, 2.45) is 0 Å². The van der Waals surface area contributed by atoms with Gasteiger partial charge in [-0.2, -0.15) is 0 Å². The lowest BCUT2D eigenvalue weighted by Gasteiger charge is -2.16. The monoisotopic (exact) mass is 333 g/mol. The highest BCUT2D eigenvalue weighted by atomic mass is 16.4. The van der Waals surface area contributed by atoms with E-state index in [0.29, 0.717) is 5.56 Å². The third kappa shape index (κ3) is 4.09. The van der Waals surface area contributed by atoms with Crippen molar-refractivity contribution in [3.05, 3.63) is 35.9 Å². The SMILES string of the molecule is CN1CC(=O)N(CCCC(=O)N[C@@H](C(=O)O)c2ccccc2)C1=O. The van der Waals surface area contributed by atoms with Gasteiger partial charge in [-0.1, -0.05) is 30.3 Å². The molecule has 1 aromatic carbocycles. The first-order chi connectivity index (χ1) is 11.4. The van der Waals surface area contributed by atoms with E-state index in [4.69, 9.17) is 0 Å². The number of likely N-dealkylation sites (N-methyl/N-ethyl adjacent to an activating group) is 1. The molecule has 0 unspecified atom stereocenters. The summed E-state index contributed by atoms with van der Waals surface area (Å²) < 4.78 is 0. The van der Waals surface area contributed by atoms with Gasteiger partial charge in [0.15, 0.2) is 6.04 Å². The van der Waals surface area contributed by atoms with E-state index in [9.17, 15) is 24.3 Å². The van der Waals surface area contributed by atoms with Gasteiger partial charge < -0.3 is 15.3 Å². The molecule has 2 rings (SSSR count). The second-order valence-electron chi connectivity index (χ2n) is 5.54. The fourth-order valence-corrected chi connectivity index (χ4v) is 2.45. The van der Waals surface area contributed by atoms with E-state index >= 15 is 0 Å². The van der Waals surface area contributed by atoms with Crippen molar-refractivity contribution >= 4 is 23.8 Å². The Kier molecular flexibility index (Phi) is 5.51. The van der Waals surface area contributed by atoms with Crippen molar-refractivity contribution in [2.75, 3.05) is 20.1 Å². The quantitative estimate of drug-likeness (QED) is 0.711. The molecule has 24 heavy (non-hydrogen) atoms. The van der Waals surface area contributed by atoms with Gasteiger partial charge in [0.05, 0.1) is 0 Å². The molecule has 1 fully saturated rings. The molecule has 4 amide bonds. The third-order valence-corrected chi connectivity index (χ3v) is 3.70. The van der Waals surface area contributed by atoms with Gasteiger partial charge in [0, 0.05) is 20.0 Å². The number of hydrogen-bond acceptors (Lipinski definition) is 4. The molecule has 0 spiro atoms. The molecule has 2 N–H and O–H groups in total. The summed E-state index contributed by atoms with van der Waals surface area (Å²) in [6.07, 6.45) is 0.301. The van der Waals surface area contributed by atoms with Gasteiger partial charge in [-0.25, -0.2) is 9.59 Å². The maximum atomic E-state index is 12.0. The highest BCUT2D eigenvalue weighted by molar-refractivity contribution is 6.01. The number of carbonyl (C=O) groups excluding carboxylic acids is 3. The molecule has 1 atom stereocenters. The Bertz CT molecular complexity index is 646. The van der Waals surface area contributed by atoms with Crippen LogP contribution < -0.4 is 5.32 Å². The highest BCUT2D eigenvalue weighted by Gasteiger charge is 2.33. The lowest BCUT2D eigenvalue weighted by Crippen LogP contribution is -2.35. The summed E-state index contributed by atoms with van der Waals surface area (Å²) in [5.41, 5.74) is 0.477. The molecule has 1 saturated heterocycles. The number of urea groups is 1. The standard InChI is InChI=1S/C16H19N3O5/c1-18-10-13(21)19(16(18)24)9-5-8-12(20)17-14(15(22)23)11-6-3-2-4-7-11/h2-4,6-7,14H,5,8-10H2,1H3,(H,17,20)(H,22,23)/t14-/m1/s1. The van der Waals surface area contributed by atoms with E-state index in [1.807, 2.05) is 0 Å². The van der Waals surface area contributed by atoms with E-state index in [1.54, 1.807) is 30.3 Å². The molecule has 1 aliphatic heterocycles. The second-order valence-corrected chi connectivity index (χ2v) is 5.54. The number of benzene rings is 1. The number of carbonyl (C=O) groups is 4. The molecular weight excluding hydrogens is 314 g/mol. The minimum Gasteiger partial charge on any atom is -0.479 e. The second kappa shape index (κ2) is 7.58. The molecule has 0 aromatic heterocycles. The lowest BCUT2D eigenvalue weighted by molar-refractivity contribution is -0.142. The Morgan fingerprint density at radius 3 is 2.46 bits per heavy atom. The van der Waals surface area contributed by atoms with E-state index in [0.717, 1.165) is 4.90 Å². The van der Waals surface area contributed by atoms with Crippen molar-refractivity contribution in [3.63, 3.8) is 0 Å². The van der Waals surface area contributed by atoms with E-state index in [-0.39, 0.29) is 37.9 Å². The average Bonchev–Trinajstić information content (AvgIpc) is 2.79. The molecule has 0 bridgehead atoms. The number of nitrogens with zero attached hydrogens (tertiary/aromatic N) is 2. The van der Waals surface area contributed by atoms with Gasteiger partial charge in [0.1, 0.15) is 6.54 Å². The fourth-order valence-electron chi connectivity index (χ4n) is 2.45. The molecule has 1 aliphatic rings.